The van der Waals surface area contributed by atoms with Crippen molar-refractivity contribution in [2.75, 3.05) is 0 Å². The summed E-state index contributed by atoms with van der Waals surface area (Å²) in [5, 5.41) is 0.445. The first-order valence-electron chi connectivity index (χ1n) is 3.53. The Morgan fingerprint density at radius 2 is 2.25 bits per heavy atom. The highest BCUT2D eigenvalue weighted by atomic mass is 35.5. The quantitative estimate of drug-likeness (QED) is 0.649. The van der Waals surface area contributed by atoms with E-state index < -0.39 is 0 Å². The zero-order valence-electron chi connectivity index (χ0n) is 6.60. The molecule has 0 aliphatic heterocycles. The topological polar surface area (TPSA) is 17.1 Å². The summed E-state index contributed by atoms with van der Waals surface area (Å²) >= 11 is 5.75. The number of aldehydes is 1. The largest absolute Gasteiger partial charge is 0.303 e. The van der Waals surface area contributed by atoms with Crippen molar-refractivity contribution in [3.63, 3.8) is 0 Å². The molecule has 0 amide bonds. The molecule has 64 valence electrons. The maximum absolute atomic E-state index is 12.9. The summed E-state index contributed by atoms with van der Waals surface area (Å²) < 4.78 is 12.9. The van der Waals surface area contributed by atoms with Crippen LogP contribution in [-0.4, -0.2) is 6.29 Å². The van der Waals surface area contributed by atoms with Gasteiger partial charge >= 0.3 is 0 Å². The monoisotopic (exact) mass is 186 g/mol. The molecule has 3 heteroatoms. The van der Waals surface area contributed by atoms with E-state index >= 15 is 0 Å². The molecule has 0 aliphatic rings. The Morgan fingerprint density at radius 3 is 2.83 bits per heavy atom. The van der Waals surface area contributed by atoms with Crippen molar-refractivity contribution < 1.29 is 9.18 Å². The van der Waals surface area contributed by atoms with Crippen LogP contribution in [-0.2, 0) is 11.2 Å². The van der Waals surface area contributed by atoms with Gasteiger partial charge in [0.05, 0.1) is 0 Å². The first kappa shape index (κ1) is 9.20. The predicted octanol–water partition coefficient (Wildman–Crippen LogP) is 2.53. The predicted molar refractivity (Wildman–Crippen MR) is 45.9 cm³/mol. The van der Waals surface area contributed by atoms with E-state index in [1.165, 1.54) is 12.1 Å². The van der Waals surface area contributed by atoms with Gasteiger partial charge in [-0.2, -0.15) is 0 Å². The average molecular weight is 187 g/mol. The minimum atomic E-state index is -0.323. The number of aryl methyl sites for hydroxylation is 1. The third-order valence-electron chi connectivity index (χ3n) is 1.63. The zero-order chi connectivity index (χ0) is 9.14. The molecule has 1 nitrogen and oxygen atoms in total. The summed E-state index contributed by atoms with van der Waals surface area (Å²) in [4.78, 5) is 10.1. The third-order valence-corrected chi connectivity index (χ3v) is 1.98. The van der Waals surface area contributed by atoms with Crippen molar-refractivity contribution in [1.82, 2.24) is 0 Å². The van der Waals surface area contributed by atoms with Crippen LogP contribution < -0.4 is 0 Å². The van der Waals surface area contributed by atoms with Crippen LogP contribution in [0.5, 0.6) is 0 Å². The molecule has 0 saturated carbocycles. The van der Waals surface area contributed by atoms with E-state index in [4.69, 9.17) is 11.6 Å². The molecule has 0 aliphatic carbocycles. The second-order valence-corrected chi connectivity index (χ2v) is 2.97. The lowest BCUT2D eigenvalue weighted by molar-refractivity contribution is -0.107. The van der Waals surface area contributed by atoms with Crippen molar-refractivity contribution in [3.8, 4) is 0 Å². The van der Waals surface area contributed by atoms with Crippen molar-refractivity contribution >= 4 is 17.9 Å². The van der Waals surface area contributed by atoms with Gasteiger partial charge in [0.15, 0.2) is 0 Å². The Labute approximate surface area is 75.2 Å². The molecular formula is C9H8ClFO. The van der Waals surface area contributed by atoms with Gasteiger partial charge < -0.3 is 4.79 Å². The molecule has 0 spiro atoms. The molecule has 0 atom stereocenters. The lowest BCUT2D eigenvalue weighted by atomic mass is 10.1. The fraction of sp³-hybridized carbons (Fsp3) is 0.222. The van der Waals surface area contributed by atoms with Gasteiger partial charge in [-0.15, -0.1) is 0 Å². The maximum Gasteiger partial charge on any atom is 0.126 e. The highest BCUT2D eigenvalue weighted by Crippen LogP contribution is 2.20. The summed E-state index contributed by atoms with van der Waals surface area (Å²) in [5.74, 6) is -0.323. The molecule has 1 aromatic carbocycles. The molecule has 0 fully saturated rings. The van der Waals surface area contributed by atoms with Crippen LogP contribution in [0.2, 0.25) is 5.02 Å². The molecule has 0 unspecified atom stereocenters. The number of hydrogen-bond donors (Lipinski definition) is 0. The zero-order valence-corrected chi connectivity index (χ0v) is 7.36. The Balaban J connectivity index is 3.13. The first-order chi connectivity index (χ1) is 5.65. The summed E-state index contributed by atoms with van der Waals surface area (Å²) in [5.41, 5.74) is 1.03. The SMILES string of the molecule is Cc1cc(Cl)c(CC=O)cc1F. The number of carbonyl (C=O) groups excluding carboxylic acids is 1. The lowest BCUT2D eigenvalue weighted by Crippen LogP contribution is -1.91. The van der Waals surface area contributed by atoms with Gasteiger partial charge in [-0.25, -0.2) is 4.39 Å². The standard InChI is InChI=1S/C9H8ClFO/c1-6-4-8(10)7(2-3-12)5-9(6)11/h3-5H,2H2,1H3. The van der Waals surface area contributed by atoms with Crippen LogP contribution in [0.4, 0.5) is 4.39 Å². The van der Waals surface area contributed by atoms with E-state index in [2.05, 4.69) is 0 Å². The Kier molecular flexibility index (Phi) is 2.82. The number of benzene rings is 1. The minimum absolute atomic E-state index is 0.163. The smallest absolute Gasteiger partial charge is 0.126 e. The molecule has 12 heavy (non-hydrogen) atoms. The molecular weight excluding hydrogens is 179 g/mol. The maximum atomic E-state index is 12.9. The molecule has 1 rings (SSSR count). The molecule has 0 heterocycles. The molecule has 0 N–H and O–H groups in total. The van der Waals surface area contributed by atoms with E-state index in [0.29, 0.717) is 22.4 Å². The van der Waals surface area contributed by atoms with Crippen molar-refractivity contribution in [2.45, 2.75) is 13.3 Å². The van der Waals surface area contributed by atoms with Gasteiger partial charge in [-0.05, 0) is 30.2 Å². The van der Waals surface area contributed by atoms with E-state index in [9.17, 15) is 9.18 Å². The molecule has 1 aromatic rings. The van der Waals surface area contributed by atoms with E-state index in [-0.39, 0.29) is 12.2 Å². The van der Waals surface area contributed by atoms with Gasteiger partial charge in [0.2, 0.25) is 0 Å². The van der Waals surface area contributed by atoms with Crippen molar-refractivity contribution in [1.29, 1.82) is 0 Å². The van der Waals surface area contributed by atoms with Crippen LogP contribution >= 0.6 is 11.6 Å². The fourth-order valence-electron chi connectivity index (χ4n) is 0.934. The van der Waals surface area contributed by atoms with Crippen molar-refractivity contribution in [2.24, 2.45) is 0 Å². The molecule has 0 bridgehead atoms. The van der Waals surface area contributed by atoms with Gasteiger partial charge in [-0.1, -0.05) is 11.6 Å². The molecule has 0 radical (unpaired) electrons. The Bertz CT molecular complexity index is 310. The average Bonchev–Trinajstić information content (AvgIpc) is 2.01. The number of halogens is 2. The second kappa shape index (κ2) is 3.68. The Morgan fingerprint density at radius 1 is 1.58 bits per heavy atom. The first-order valence-corrected chi connectivity index (χ1v) is 3.91. The van der Waals surface area contributed by atoms with Gasteiger partial charge in [0.25, 0.3) is 0 Å². The molecule has 0 saturated heterocycles. The normalized spacial score (nSPS) is 9.92. The van der Waals surface area contributed by atoms with Crippen molar-refractivity contribution in [3.05, 3.63) is 34.1 Å². The second-order valence-electron chi connectivity index (χ2n) is 2.56. The third kappa shape index (κ3) is 1.83. The fourth-order valence-corrected chi connectivity index (χ4v) is 1.23. The highest BCUT2D eigenvalue weighted by molar-refractivity contribution is 6.31. The van der Waals surface area contributed by atoms with Gasteiger partial charge in [-0.3, -0.25) is 0 Å². The highest BCUT2D eigenvalue weighted by Gasteiger charge is 2.04. The summed E-state index contributed by atoms with van der Waals surface area (Å²) in [6, 6.07) is 2.82. The van der Waals surface area contributed by atoms with Crippen LogP contribution in [0.1, 0.15) is 11.1 Å². The minimum Gasteiger partial charge on any atom is -0.303 e. The number of rotatable bonds is 2. The summed E-state index contributed by atoms with van der Waals surface area (Å²) in [7, 11) is 0. The van der Waals surface area contributed by atoms with Crippen LogP contribution in [0.25, 0.3) is 0 Å². The Hall–Kier alpha value is -0.890. The number of carbonyl (C=O) groups is 1. The van der Waals surface area contributed by atoms with Crippen LogP contribution in [0, 0.1) is 12.7 Å². The van der Waals surface area contributed by atoms with Gasteiger partial charge in [0.1, 0.15) is 12.1 Å². The van der Waals surface area contributed by atoms with Gasteiger partial charge in [0, 0.05) is 11.4 Å². The van der Waals surface area contributed by atoms with Crippen LogP contribution in [0.15, 0.2) is 12.1 Å². The van der Waals surface area contributed by atoms with Crippen LogP contribution in [0.3, 0.4) is 0 Å². The van der Waals surface area contributed by atoms with E-state index in [1.807, 2.05) is 0 Å². The van der Waals surface area contributed by atoms with E-state index in [1.54, 1.807) is 6.92 Å². The molecule has 0 aromatic heterocycles. The summed E-state index contributed by atoms with van der Waals surface area (Å²) in [6.45, 7) is 1.63. The summed E-state index contributed by atoms with van der Waals surface area (Å²) in [6.07, 6.45) is 0.867. The van der Waals surface area contributed by atoms with E-state index in [0.717, 1.165) is 0 Å². The number of hydrogen-bond acceptors (Lipinski definition) is 1. The lowest BCUT2D eigenvalue weighted by Gasteiger charge is -2.02.